The Morgan fingerprint density at radius 3 is 2.51 bits per heavy atom. The van der Waals surface area contributed by atoms with Gasteiger partial charge in [0.05, 0.1) is 32.6 Å². The molecule has 1 amide bonds. The van der Waals surface area contributed by atoms with E-state index in [0.717, 1.165) is 16.2 Å². The summed E-state index contributed by atoms with van der Waals surface area (Å²) in [6.07, 6.45) is 0. The molecule has 39 heavy (non-hydrogen) atoms. The van der Waals surface area contributed by atoms with Crippen LogP contribution in [-0.2, 0) is 14.3 Å². The summed E-state index contributed by atoms with van der Waals surface area (Å²) in [6, 6.07) is 8.56. The first-order valence-electron chi connectivity index (χ1n) is 11.8. The second kappa shape index (κ2) is 10.3. The van der Waals surface area contributed by atoms with E-state index in [2.05, 4.69) is 4.98 Å². The maximum absolute atomic E-state index is 13.6. The number of aliphatic hydroxyl groups is 1. The maximum atomic E-state index is 13.6. The summed E-state index contributed by atoms with van der Waals surface area (Å²) in [5, 5.41) is 11.6. The van der Waals surface area contributed by atoms with Crippen LogP contribution in [0.25, 0.3) is 5.76 Å². The molecule has 1 fully saturated rings. The number of aromatic nitrogens is 1. The number of ketones is 1. The zero-order valence-corrected chi connectivity index (χ0v) is 22.3. The third-order valence-electron chi connectivity index (χ3n) is 6.35. The summed E-state index contributed by atoms with van der Waals surface area (Å²) in [4.78, 5) is 45.1. The highest BCUT2D eigenvalue weighted by Gasteiger charge is 2.49. The van der Waals surface area contributed by atoms with Crippen LogP contribution >= 0.6 is 11.3 Å². The molecule has 0 spiro atoms. The van der Waals surface area contributed by atoms with Crippen molar-refractivity contribution in [1.82, 2.24) is 4.98 Å². The number of esters is 1. The number of para-hydroxylation sites is 1. The molecular formula is C27H24N2O9S. The Morgan fingerprint density at radius 1 is 1.08 bits per heavy atom. The summed E-state index contributed by atoms with van der Waals surface area (Å²) in [5.41, 5.74) is 0.736. The molecule has 5 rings (SSSR count). The number of hydrogen-bond acceptors (Lipinski definition) is 11. The van der Waals surface area contributed by atoms with Crippen LogP contribution in [0.1, 0.15) is 32.5 Å². The van der Waals surface area contributed by atoms with E-state index in [-0.39, 0.29) is 26.9 Å². The Kier molecular flexibility index (Phi) is 6.87. The van der Waals surface area contributed by atoms with Gasteiger partial charge in [0.25, 0.3) is 5.78 Å². The van der Waals surface area contributed by atoms with E-state index in [1.807, 2.05) is 0 Å². The fraction of sp³-hybridized carbons (Fsp3) is 0.259. The molecule has 1 N–H and O–H groups in total. The Bertz CT molecular complexity index is 1530. The molecule has 3 heterocycles. The van der Waals surface area contributed by atoms with Crippen molar-refractivity contribution >= 4 is 39.9 Å². The molecule has 0 saturated carbocycles. The van der Waals surface area contributed by atoms with Gasteiger partial charge < -0.3 is 28.8 Å². The molecule has 1 aromatic heterocycles. The number of rotatable bonds is 6. The molecule has 2 aliphatic rings. The predicted octanol–water partition coefficient (Wildman–Crippen LogP) is 3.65. The lowest BCUT2D eigenvalue weighted by atomic mass is 9.94. The number of Topliss-reactive ketones (excluding diaryl/α,β-unsaturated/α-hetero) is 1. The van der Waals surface area contributed by atoms with E-state index >= 15 is 0 Å². The number of ether oxygens (including phenoxy) is 5. The average molecular weight is 553 g/mol. The molecule has 11 nitrogen and oxygen atoms in total. The van der Waals surface area contributed by atoms with Gasteiger partial charge in [0, 0.05) is 11.1 Å². The van der Waals surface area contributed by atoms with Crippen molar-refractivity contribution in [3.8, 4) is 23.0 Å². The van der Waals surface area contributed by atoms with Gasteiger partial charge in [0.2, 0.25) is 0 Å². The highest BCUT2D eigenvalue weighted by Crippen LogP contribution is 2.48. The first-order chi connectivity index (χ1) is 18.8. The van der Waals surface area contributed by atoms with Crippen LogP contribution in [-0.4, -0.2) is 62.3 Å². The first kappa shape index (κ1) is 26.0. The lowest BCUT2D eigenvalue weighted by molar-refractivity contribution is -0.132. The van der Waals surface area contributed by atoms with E-state index in [1.54, 1.807) is 43.3 Å². The fourth-order valence-corrected chi connectivity index (χ4v) is 5.58. The van der Waals surface area contributed by atoms with E-state index in [1.165, 1.54) is 21.3 Å². The minimum atomic E-state index is -1.17. The Hall–Kier alpha value is -4.58. The number of thiazole rings is 1. The molecule has 1 atom stereocenters. The number of aliphatic hydroxyl groups excluding tert-OH is 1. The first-order valence-corrected chi connectivity index (χ1v) is 12.6. The van der Waals surface area contributed by atoms with Gasteiger partial charge >= 0.3 is 11.9 Å². The molecule has 202 valence electrons. The quantitative estimate of drug-likeness (QED) is 0.209. The van der Waals surface area contributed by atoms with Crippen molar-refractivity contribution in [2.45, 2.75) is 13.0 Å². The molecule has 1 saturated heterocycles. The molecule has 0 bridgehead atoms. The van der Waals surface area contributed by atoms with Crippen LogP contribution < -0.4 is 23.8 Å². The Morgan fingerprint density at radius 2 is 1.82 bits per heavy atom. The third-order valence-corrected chi connectivity index (χ3v) is 7.49. The lowest BCUT2D eigenvalue weighted by Gasteiger charge is -2.25. The minimum Gasteiger partial charge on any atom is -0.507 e. The summed E-state index contributed by atoms with van der Waals surface area (Å²) in [5.74, 6) is -1.43. The molecule has 0 unspecified atom stereocenters. The van der Waals surface area contributed by atoms with Gasteiger partial charge in [0.15, 0.2) is 28.1 Å². The van der Waals surface area contributed by atoms with E-state index in [0.29, 0.717) is 41.7 Å². The van der Waals surface area contributed by atoms with Gasteiger partial charge in [-0.05, 0) is 31.2 Å². The van der Waals surface area contributed by atoms with Crippen LogP contribution in [0.5, 0.6) is 23.0 Å². The number of aryl methyl sites for hydroxylation is 1. The SMILES string of the molecule is COC(=O)c1sc(N2C(=O)C(=O)C(=C(O)c3ccc4c(c3)OCCO4)[C@H]2c2cccc(OC)c2OC)nc1C. The molecule has 2 aromatic carbocycles. The van der Waals surface area contributed by atoms with Gasteiger partial charge in [-0.2, -0.15) is 0 Å². The molecule has 0 aliphatic carbocycles. The monoisotopic (exact) mass is 552 g/mol. The highest BCUT2D eigenvalue weighted by atomic mass is 32.1. The van der Waals surface area contributed by atoms with E-state index in [4.69, 9.17) is 23.7 Å². The normalized spacial score (nSPS) is 17.7. The number of methoxy groups -OCH3 is 3. The Labute approximate surface area is 227 Å². The number of benzene rings is 2. The van der Waals surface area contributed by atoms with Gasteiger partial charge in [-0.3, -0.25) is 14.5 Å². The number of fused-ring (bicyclic) bond motifs is 1. The van der Waals surface area contributed by atoms with Crippen LogP contribution in [0, 0.1) is 6.92 Å². The largest absolute Gasteiger partial charge is 0.507 e. The second-order valence-corrected chi connectivity index (χ2v) is 9.49. The summed E-state index contributed by atoms with van der Waals surface area (Å²) in [7, 11) is 4.12. The predicted molar refractivity (Wildman–Crippen MR) is 140 cm³/mol. The number of hydrogen-bond donors (Lipinski definition) is 1. The number of carbonyl (C=O) groups excluding carboxylic acids is 3. The Balaban J connectivity index is 1.75. The summed E-state index contributed by atoms with van der Waals surface area (Å²) < 4.78 is 27.1. The number of amides is 1. The average Bonchev–Trinajstić information content (AvgIpc) is 3.47. The van der Waals surface area contributed by atoms with E-state index < -0.39 is 29.5 Å². The van der Waals surface area contributed by atoms with Crippen LogP contribution in [0.4, 0.5) is 5.13 Å². The molecule has 0 radical (unpaired) electrons. The smallest absolute Gasteiger partial charge is 0.350 e. The number of anilines is 1. The topological polar surface area (TPSA) is 134 Å². The van der Waals surface area contributed by atoms with Gasteiger partial charge in [-0.15, -0.1) is 0 Å². The van der Waals surface area contributed by atoms with Crippen LogP contribution in [0.15, 0.2) is 42.0 Å². The zero-order chi connectivity index (χ0) is 27.8. The van der Waals surface area contributed by atoms with Gasteiger partial charge in [-0.25, -0.2) is 9.78 Å². The van der Waals surface area contributed by atoms with E-state index in [9.17, 15) is 19.5 Å². The van der Waals surface area contributed by atoms with Gasteiger partial charge in [0.1, 0.15) is 29.9 Å². The highest BCUT2D eigenvalue weighted by molar-refractivity contribution is 7.17. The third kappa shape index (κ3) is 4.32. The van der Waals surface area contributed by atoms with Crippen molar-refractivity contribution < 1.29 is 43.2 Å². The molecule has 3 aromatic rings. The summed E-state index contributed by atoms with van der Waals surface area (Å²) in [6.45, 7) is 2.31. The fourth-order valence-electron chi connectivity index (χ4n) is 4.56. The lowest BCUT2D eigenvalue weighted by Crippen LogP contribution is -2.29. The summed E-state index contributed by atoms with van der Waals surface area (Å²) >= 11 is 0.900. The number of nitrogens with zero attached hydrogens (tertiary/aromatic N) is 2. The molecule has 12 heteroatoms. The van der Waals surface area contributed by atoms with Gasteiger partial charge in [-0.1, -0.05) is 23.5 Å². The van der Waals surface area contributed by atoms with Crippen LogP contribution in [0.2, 0.25) is 0 Å². The van der Waals surface area contributed by atoms with Crippen molar-refractivity contribution in [2.24, 2.45) is 0 Å². The molecule has 2 aliphatic heterocycles. The van der Waals surface area contributed by atoms with Crippen molar-refractivity contribution in [1.29, 1.82) is 0 Å². The van der Waals surface area contributed by atoms with Crippen molar-refractivity contribution in [3.63, 3.8) is 0 Å². The van der Waals surface area contributed by atoms with Crippen LogP contribution in [0.3, 0.4) is 0 Å². The van der Waals surface area contributed by atoms with Crippen molar-refractivity contribution in [2.75, 3.05) is 39.4 Å². The maximum Gasteiger partial charge on any atom is 0.350 e. The number of carbonyl (C=O) groups is 3. The standard InChI is InChI=1S/C27H24N2O9S/c1-13-24(26(33)36-4)39-27(28-13)29-20(15-6-5-7-17(34-2)23(15)35-3)19(22(31)25(29)32)21(30)14-8-9-16-18(12-14)38-11-10-37-16/h5-9,12,20,30H,10-11H2,1-4H3/t20-/m1/s1. The zero-order valence-electron chi connectivity index (χ0n) is 21.5. The second-order valence-electron chi connectivity index (χ2n) is 8.51. The minimum absolute atomic E-state index is 0.0751. The van der Waals surface area contributed by atoms with Crippen molar-refractivity contribution in [3.05, 3.63) is 63.7 Å². The molecular weight excluding hydrogens is 528 g/mol.